The van der Waals surface area contributed by atoms with Gasteiger partial charge in [-0.2, -0.15) is 0 Å². The Balaban J connectivity index is 1.98. The minimum absolute atomic E-state index is 0.194. The van der Waals surface area contributed by atoms with E-state index in [1.807, 2.05) is 24.3 Å². The molecular formula is C13H9N3OS. The molecule has 0 spiro atoms. The molecule has 18 heavy (non-hydrogen) atoms. The van der Waals surface area contributed by atoms with Crippen LogP contribution in [0.15, 0.2) is 47.5 Å². The van der Waals surface area contributed by atoms with Gasteiger partial charge in [0.1, 0.15) is 5.69 Å². The van der Waals surface area contributed by atoms with Crippen LogP contribution in [0.3, 0.4) is 0 Å². The Morgan fingerprint density at radius 2 is 2.22 bits per heavy atom. The number of aromatic nitrogens is 2. The van der Waals surface area contributed by atoms with E-state index >= 15 is 0 Å². The van der Waals surface area contributed by atoms with Crippen molar-refractivity contribution in [2.24, 2.45) is 0 Å². The van der Waals surface area contributed by atoms with Crippen molar-refractivity contribution in [2.45, 2.75) is 0 Å². The highest BCUT2D eigenvalue weighted by molar-refractivity contribution is 7.07. The van der Waals surface area contributed by atoms with E-state index < -0.39 is 0 Å². The van der Waals surface area contributed by atoms with Gasteiger partial charge in [0.25, 0.3) is 5.91 Å². The number of thiazole rings is 1. The predicted octanol–water partition coefficient (Wildman–Crippen LogP) is 2.94. The van der Waals surface area contributed by atoms with Gasteiger partial charge in [-0.15, -0.1) is 11.3 Å². The Labute approximate surface area is 107 Å². The number of nitrogens with zero attached hydrogens (tertiary/aromatic N) is 2. The Kier molecular flexibility index (Phi) is 2.74. The largest absolute Gasteiger partial charge is 0.320 e. The van der Waals surface area contributed by atoms with E-state index in [9.17, 15) is 4.79 Å². The van der Waals surface area contributed by atoms with Crippen LogP contribution in [0.25, 0.3) is 10.8 Å². The average molecular weight is 255 g/mol. The van der Waals surface area contributed by atoms with Gasteiger partial charge in [0.05, 0.1) is 5.51 Å². The first kappa shape index (κ1) is 10.9. The molecular weight excluding hydrogens is 246 g/mol. The second kappa shape index (κ2) is 4.54. The van der Waals surface area contributed by atoms with E-state index in [0.717, 1.165) is 16.5 Å². The minimum atomic E-state index is -0.194. The number of rotatable bonds is 2. The van der Waals surface area contributed by atoms with Crippen molar-refractivity contribution < 1.29 is 4.79 Å². The van der Waals surface area contributed by atoms with Gasteiger partial charge in [-0.3, -0.25) is 9.78 Å². The third-order valence-electron chi connectivity index (χ3n) is 2.59. The van der Waals surface area contributed by atoms with Gasteiger partial charge >= 0.3 is 0 Å². The molecule has 0 fully saturated rings. The third-order valence-corrected chi connectivity index (χ3v) is 3.18. The lowest BCUT2D eigenvalue weighted by Gasteiger charge is -2.06. The van der Waals surface area contributed by atoms with Gasteiger partial charge in [-0.1, -0.05) is 12.1 Å². The zero-order chi connectivity index (χ0) is 12.4. The molecule has 0 radical (unpaired) electrons. The molecule has 88 valence electrons. The summed E-state index contributed by atoms with van der Waals surface area (Å²) < 4.78 is 0. The lowest BCUT2D eigenvalue weighted by Crippen LogP contribution is -2.12. The van der Waals surface area contributed by atoms with Crippen LogP contribution >= 0.6 is 11.3 Å². The molecule has 0 bridgehead atoms. The Morgan fingerprint density at radius 1 is 1.28 bits per heavy atom. The van der Waals surface area contributed by atoms with E-state index in [2.05, 4.69) is 15.3 Å². The molecule has 0 aliphatic carbocycles. The van der Waals surface area contributed by atoms with E-state index in [-0.39, 0.29) is 5.91 Å². The molecule has 3 rings (SSSR count). The second-order valence-electron chi connectivity index (χ2n) is 3.73. The molecule has 5 heteroatoms. The Hall–Kier alpha value is -2.27. The third kappa shape index (κ3) is 1.96. The topological polar surface area (TPSA) is 54.9 Å². The summed E-state index contributed by atoms with van der Waals surface area (Å²) >= 11 is 1.40. The number of hydrogen-bond donors (Lipinski definition) is 1. The van der Waals surface area contributed by atoms with Crippen LogP contribution in [0.4, 0.5) is 5.69 Å². The molecule has 0 unspecified atom stereocenters. The normalized spacial score (nSPS) is 10.4. The number of carbonyl (C=O) groups excluding carboxylic acids is 1. The number of anilines is 1. The fourth-order valence-electron chi connectivity index (χ4n) is 1.74. The summed E-state index contributed by atoms with van der Waals surface area (Å²) in [4.78, 5) is 20.0. The molecule has 1 amide bonds. The summed E-state index contributed by atoms with van der Waals surface area (Å²) in [5.41, 5.74) is 2.85. The Bertz CT molecular complexity index is 689. The molecule has 3 aromatic rings. The maximum Gasteiger partial charge on any atom is 0.275 e. The summed E-state index contributed by atoms with van der Waals surface area (Å²) in [7, 11) is 0. The van der Waals surface area contributed by atoms with Crippen LogP contribution in [0.5, 0.6) is 0 Å². The van der Waals surface area contributed by atoms with Crippen molar-refractivity contribution in [1.29, 1.82) is 0 Å². The maximum atomic E-state index is 11.9. The van der Waals surface area contributed by atoms with Gasteiger partial charge in [-0.25, -0.2) is 4.98 Å². The quantitative estimate of drug-likeness (QED) is 0.766. The van der Waals surface area contributed by atoms with Gasteiger partial charge in [0.2, 0.25) is 0 Å². The summed E-state index contributed by atoms with van der Waals surface area (Å²) in [6.45, 7) is 0. The van der Waals surface area contributed by atoms with Crippen LogP contribution < -0.4 is 5.32 Å². The molecule has 0 aliphatic heterocycles. The lowest BCUT2D eigenvalue weighted by molar-refractivity contribution is 0.102. The van der Waals surface area contributed by atoms with E-state index in [4.69, 9.17) is 0 Å². The summed E-state index contributed by atoms with van der Waals surface area (Å²) in [5, 5.41) is 6.55. The predicted molar refractivity (Wildman–Crippen MR) is 71.8 cm³/mol. The van der Waals surface area contributed by atoms with Crippen molar-refractivity contribution in [3.05, 3.63) is 53.2 Å². The lowest BCUT2D eigenvalue weighted by atomic mass is 10.1. The standard InChI is InChI=1S/C13H9N3OS/c17-13(12-7-18-8-15-12)16-11-3-1-2-9-6-14-5-4-10(9)11/h1-8H,(H,16,17). The maximum absolute atomic E-state index is 11.9. The molecule has 4 nitrogen and oxygen atoms in total. The minimum Gasteiger partial charge on any atom is -0.320 e. The first-order chi connectivity index (χ1) is 8.84. The highest BCUT2D eigenvalue weighted by atomic mass is 32.1. The van der Waals surface area contributed by atoms with E-state index in [1.165, 1.54) is 11.3 Å². The molecule has 0 aliphatic rings. The number of hydrogen-bond acceptors (Lipinski definition) is 4. The van der Waals surface area contributed by atoms with Crippen molar-refractivity contribution in [3.8, 4) is 0 Å². The number of pyridine rings is 1. The van der Waals surface area contributed by atoms with Gasteiger partial charge < -0.3 is 5.32 Å². The molecule has 2 heterocycles. The smallest absolute Gasteiger partial charge is 0.275 e. The van der Waals surface area contributed by atoms with Crippen LogP contribution in [-0.2, 0) is 0 Å². The highest BCUT2D eigenvalue weighted by Crippen LogP contribution is 2.22. The molecule has 1 N–H and O–H groups in total. The van der Waals surface area contributed by atoms with E-state index in [1.54, 1.807) is 23.3 Å². The summed E-state index contributed by atoms with van der Waals surface area (Å²) in [5.74, 6) is -0.194. The first-order valence-electron chi connectivity index (χ1n) is 5.37. The molecule has 1 aromatic carbocycles. The highest BCUT2D eigenvalue weighted by Gasteiger charge is 2.09. The first-order valence-corrected chi connectivity index (χ1v) is 6.31. The molecule has 0 saturated carbocycles. The van der Waals surface area contributed by atoms with Crippen LogP contribution in [0.2, 0.25) is 0 Å². The van der Waals surface area contributed by atoms with E-state index in [0.29, 0.717) is 5.69 Å². The average Bonchev–Trinajstić information content (AvgIpc) is 2.93. The number of nitrogens with one attached hydrogen (secondary N) is 1. The van der Waals surface area contributed by atoms with Crippen molar-refractivity contribution in [3.63, 3.8) is 0 Å². The Morgan fingerprint density at radius 3 is 3.06 bits per heavy atom. The number of benzene rings is 1. The van der Waals surface area contributed by atoms with Crippen LogP contribution in [-0.4, -0.2) is 15.9 Å². The monoisotopic (exact) mass is 255 g/mol. The molecule has 0 saturated heterocycles. The number of fused-ring (bicyclic) bond motifs is 1. The summed E-state index contributed by atoms with van der Waals surface area (Å²) in [6, 6.07) is 7.60. The van der Waals surface area contributed by atoms with Crippen molar-refractivity contribution >= 4 is 33.7 Å². The van der Waals surface area contributed by atoms with Crippen LogP contribution in [0, 0.1) is 0 Å². The zero-order valence-electron chi connectivity index (χ0n) is 9.33. The zero-order valence-corrected chi connectivity index (χ0v) is 10.1. The van der Waals surface area contributed by atoms with Gasteiger partial charge in [0, 0.05) is 34.2 Å². The van der Waals surface area contributed by atoms with Gasteiger partial charge in [-0.05, 0) is 12.1 Å². The summed E-state index contributed by atoms with van der Waals surface area (Å²) in [6.07, 6.45) is 3.48. The number of carbonyl (C=O) groups is 1. The molecule has 2 aromatic heterocycles. The number of amides is 1. The fourth-order valence-corrected chi connectivity index (χ4v) is 2.27. The molecule has 0 atom stereocenters. The van der Waals surface area contributed by atoms with Crippen molar-refractivity contribution in [2.75, 3.05) is 5.32 Å². The fraction of sp³-hybridized carbons (Fsp3) is 0. The van der Waals surface area contributed by atoms with Crippen molar-refractivity contribution in [1.82, 2.24) is 9.97 Å². The SMILES string of the molecule is O=C(Nc1cccc2cnccc12)c1cscn1. The van der Waals surface area contributed by atoms with Gasteiger partial charge in [0.15, 0.2) is 0 Å². The second-order valence-corrected chi connectivity index (χ2v) is 4.45. The van der Waals surface area contributed by atoms with Crippen LogP contribution in [0.1, 0.15) is 10.5 Å².